The molecule has 0 amide bonds. The van der Waals surface area contributed by atoms with E-state index < -0.39 is 49.0 Å². The molecule has 3 aliphatic rings. The van der Waals surface area contributed by atoms with Gasteiger partial charge in [0.25, 0.3) is 0 Å². The largest absolute Gasteiger partial charge is 0.478 e. The Labute approximate surface area is 328 Å². The van der Waals surface area contributed by atoms with Crippen LogP contribution in [0.5, 0.6) is 0 Å². The van der Waals surface area contributed by atoms with Crippen molar-refractivity contribution in [2.24, 2.45) is 0 Å². The van der Waals surface area contributed by atoms with Gasteiger partial charge in [0.1, 0.15) is 0 Å². The van der Waals surface area contributed by atoms with Gasteiger partial charge in [0.2, 0.25) is 0 Å². The standard InChI is InChI=1S/C44H45B3O6Si2/c1-43(2,3)54-48-45(40-28-22-37(23-29-40)34-16-10-7-11-17-34)51-55(44(4,5)6,52-46(49-54)41-30-24-38(25-31-41)35-18-12-8-13-19-35)53-47(50-54)42-32-26-39(27-33-42)36-20-14-9-15-21-36/h7-33H,1-6H3. The average molecular weight is 758 g/mol. The van der Waals surface area contributed by atoms with E-state index in [9.17, 15) is 0 Å². The molecule has 3 saturated heterocycles. The van der Waals surface area contributed by atoms with Crippen LogP contribution < -0.4 is 16.4 Å². The number of benzene rings is 6. The molecule has 11 heteroatoms. The first kappa shape index (κ1) is 37.6. The lowest BCUT2D eigenvalue weighted by Gasteiger charge is -2.54. The van der Waals surface area contributed by atoms with Crippen LogP contribution in [0.2, 0.25) is 10.1 Å². The molecule has 6 aromatic rings. The Kier molecular flexibility index (Phi) is 10.3. The molecule has 9 rings (SSSR count). The van der Waals surface area contributed by atoms with Crippen LogP contribution in [0.3, 0.4) is 0 Å². The predicted molar refractivity (Wildman–Crippen MR) is 229 cm³/mol. The van der Waals surface area contributed by atoms with Gasteiger partial charge in [-0.25, -0.2) is 0 Å². The Morgan fingerprint density at radius 2 is 0.491 bits per heavy atom. The lowest BCUT2D eigenvalue weighted by molar-refractivity contribution is 0.104. The van der Waals surface area contributed by atoms with Crippen molar-refractivity contribution >= 4 is 55.4 Å². The summed E-state index contributed by atoms with van der Waals surface area (Å²) in [7, 11) is -10.3. The predicted octanol–water partition coefficient (Wildman–Crippen LogP) is 8.78. The molecule has 0 spiro atoms. The normalized spacial score (nSPS) is 20.5. The van der Waals surface area contributed by atoms with Crippen LogP contribution in [0, 0.1) is 0 Å². The molecule has 0 atom stereocenters. The van der Waals surface area contributed by atoms with E-state index in [1.165, 1.54) is 0 Å². The summed E-state index contributed by atoms with van der Waals surface area (Å²) >= 11 is 0. The molecule has 6 aromatic carbocycles. The van der Waals surface area contributed by atoms with Crippen LogP contribution in [0.15, 0.2) is 164 Å². The van der Waals surface area contributed by atoms with E-state index in [1.807, 2.05) is 54.6 Å². The van der Waals surface area contributed by atoms with Gasteiger partial charge in [0, 0.05) is 10.1 Å². The minimum Gasteiger partial charge on any atom is -0.409 e. The van der Waals surface area contributed by atoms with E-state index in [1.54, 1.807) is 0 Å². The summed E-state index contributed by atoms with van der Waals surface area (Å²) in [4.78, 5) is 0. The maximum atomic E-state index is 7.30. The zero-order valence-electron chi connectivity index (χ0n) is 32.3. The van der Waals surface area contributed by atoms with Gasteiger partial charge in [0.15, 0.2) is 0 Å². The molecule has 3 heterocycles. The molecule has 3 aliphatic heterocycles. The summed E-state index contributed by atoms with van der Waals surface area (Å²) in [6.07, 6.45) is 0. The summed E-state index contributed by atoms with van der Waals surface area (Å²) < 4.78 is 43.8. The first-order valence-corrected chi connectivity index (χ1v) is 22.4. The van der Waals surface area contributed by atoms with Crippen molar-refractivity contribution in [3.8, 4) is 33.4 Å². The Hall–Kier alpha value is -4.29. The van der Waals surface area contributed by atoms with Crippen molar-refractivity contribution in [2.75, 3.05) is 0 Å². The fourth-order valence-electron chi connectivity index (χ4n) is 6.94. The first-order chi connectivity index (χ1) is 26.4. The van der Waals surface area contributed by atoms with Crippen LogP contribution >= 0.6 is 0 Å². The van der Waals surface area contributed by atoms with Crippen molar-refractivity contribution in [2.45, 2.75) is 51.6 Å². The van der Waals surface area contributed by atoms with Gasteiger partial charge in [-0.1, -0.05) is 205 Å². The van der Waals surface area contributed by atoms with Gasteiger partial charge in [-0.2, -0.15) is 0 Å². The second-order valence-electron chi connectivity index (χ2n) is 16.3. The van der Waals surface area contributed by atoms with Crippen molar-refractivity contribution < 1.29 is 26.1 Å². The molecule has 0 aliphatic carbocycles. The summed E-state index contributed by atoms with van der Waals surface area (Å²) in [5, 5.41) is -1.26. The molecule has 3 fully saturated rings. The van der Waals surface area contributed by atoms with Gasteiger partial charge in [-0.15, -0.1) is 0 Å². The van der Waals surface area contributed by atoms with Crippen molar-refractivity contribution in [1.82, 2.24) is 0 Å². The SMILES string of the molecule is CC(C)(C)[Si]12OB(c3ccc(-c4ccccc4)cc3)O[Si](C(C)(C)C)(OB(c3ccc(-c4ccccc4)cc3)O1)OB(c1ccc(-c3ccccc3)cc1)O2. The molecule has 274 valence electrons. The topological polar surface area (TPSA) is 55.4 Å². The van der Waals surface area contributed by atoms with Gasteiger partial charge in [-0.05, 0) is 49.8 Å². The van der Waals surface area contributed by atoms with Gasteiger partial charge < -0.3 is 26.1 Å². The smallest absolute Gasteiger partial charge is 0.409 e. The Morgan fingerprint density at radius 1 is 0.291 bits per heavy atom. The Balaban J connectivity index is 1.24. The number of hydrogen-bond donors (Lipinski definition) is 0. The minimum absolute atomic E-state index is 0.629. The van der Waals surface area contributed by atoms with E-state index in [-0.39, 0.29) is 0 Å². The minimum atomic E-state index is -3.84. The second-order valence-corrected chi connectivity index (χ2v) is 22.9. The van der Waals surface area contributed by atoms with E-state index in [4.69, 9.17) is 26.1 Å². The fourth-order valence-corrected chi connectivity index (χ4v) is 12.5. The molecule has 0 N–H and O–H groups in total. The summed E-state index contributed by atoms with van der Waals surface area (Å²) in [5.41, 5.74) is 9.18. The molecule has 0 unspecified atom stereocenters. The maximum Gasteiger partial charge on any atom is 0.478 e. The molecule has 0 saturated carbocycles. The van der Waals surface area contributed by atoms with Crippen molar-refractivity contribution in [3.05, 3.63) is 164 Å². The zero-order chi connectivity index (χ0) is 38.3. The van der Waals surface area contributed by atoms with E-state index in [0.29, 0.717) is 0 Å². The zero-order valence-corrected chi connectivity index (χ0v) is 34.3. The molecule has 6 nitrogen and oxygen atoms in total. The highest BCUT2D eigenvalue weighted by Crippen LogP contribution is 2.48. The van der Waals surface area contributed by atoms with Crippen LogP contribution in [-0.4, -0.2) is 39.0 Å². The highest BCUT2D eigenvalue weighted by atomic mass is 28.4. The summed E-state index contributed by atoms with van der Waals surface area (Å²) in [5.74, 6) is 0. The third-order valence-electron chi connectivity index (χ3n) is 10.3. The Bertz CT molecular complexity index is 1930. The van der Waals surface area contributed by atoms with Crippen LogP contribution in [-0.2, 0) is 26.1 Å². The number of fused-ring (bicyclic) bond motifs is 6. The molecule has 0 radical (unpaired) electrons. The Morgan fingerprint density at radius 3 is 0.691 bits per heavy atom. The van der Waals surface area contributed by atoms with Crippen LogP contribution in [0.1, 0.15) is 41.5 Å². The van der Waals surface area contributed by atoms with Crippen molar-refractivity contribution in [1.29, 1.82) is 0 Å². The van der Waals surface area contributed by atoms with Crippen molar-refractivity contribution in [3.63, 3.8) is 0 Å². The van der Waals surface area contributed by atoms with Gasteiger partial charge in [-0.3, -0.25) is 0 Å². The molecular formula is C44H45B3O6Si2. The maximum absolute atomic E-state index is 7.30. The molecule has 2 bridgehead atoms. The highest BCUT2D eigenvalue weighted by Gasteiger charge is 2.69. The second kappa shape index (κ2) is 15.0. The van der Waals surface area contributed by atoms with Gasteiger partial charge in [0.05, 0.1) is 0 Å². The average Bonchev–Trinajstić information content (AvgIpc) is 3.18. The number of hydrogen-bond acceptors (Lipinski definition) is 6. The molecule has 0 aromatic heterocycles. The van der Waals surface area contributed by atoms with E-state index >= 15 is 0 Å². The summed E-state index contributed by atoms with van der Waals surface area (Å²) in [6, 6.07) is 55.9. The van der Waals surface area contributed by atoms with Gasteiger partial charge >= 0.3 is 39.0 Å². The lowest BCUT2D eigenvalue weighted by atomic mass is 9.79. The lowest BCUT2D eigenvalue weighted by Crippen LogP contribution is -2.77. The molecular weight excluding hydrogens is 713 g/mol. The third kappa shape index (κ3) is 7.64. The van der Waals surface area contributed by atoms with Crippen LogP contribution in [0.25, 0.3) is 33.4 Å². The fraction of sp³-hybridized carbons (Fsp3) is 0.182. The molecule has 55 heavy (non-hydrogen) atoms. The third-order valence-corrected chi connectivity index (χ3v) is 17.1. The van der Waals surface area contributed by atoms with Crippen LogP contribution in [0.4, 0.5) is 0 Å². The summed E-state index contributed by atoms with van der Waals surface area (Å²) in [6.45, 7) is 12.6. The quantitative estimate of drug-likeness (QED) is 0.159. The first-order valence-electron chi connectivity index (χ1n) is 19.0. The monoisotopic (exact) mass is 758 g/mol. The highest BCUT2D eigenvalue weighted by molar-refractivity contribution is 6.95. The van der Waals surface area contributed by atoms with E-state index in [0.717, 1.165) is 49.8 Å². The number of rotatable bonds is 6. The van der Waals surface area contributed by atoms with E-state index in [2.05, 4.69) is 151 Å².